The van der Waals surface area contributed by atoms with Crippen LogP contribution in [0.5, 0.6) is 0 Å². The fourth-order valence-corrected chi connectivity index (χ4v) is 6.60. The van der Waals surface area contributed by atoms with Crippen LogP contribution >= 0.6 is 0 Å². The monoisotopic (exact) mass is 608 g/mol. The highest BCUT2D eigenvalue weighted by Gasteiger charge is 2.39. The van der Waals surface area contributed by atoms with E-state index in [1.807, 2.05) is 0 Å². The first-order valence-corrected chi connectivity index (χ1v) is 15.2. The lowest BCUT2D eigenvalue weighted by atomic mass is 9.97. The summed E-state index contributed by atoms with van der Waals surface area (Å²) in [5, 5.41) is 10.5. The molecule has 0 bridgehead atoms. The Morgan fingerprint density at radius 1 is 1.02 bits per heavy atom. The molecule has 0 spiro atoms. The zero-order chi connectivity index (χ0) is 30.5. The van der Waals surface area contributed by atoms with Gasteiger partial charge in [-0.05, 0) is 61.8 Å². The lowest BCUT2D eigenvalue weighted by molar-refractivity contribution is -0.139. The third kappa shape index (κ3) is 7.79. The third-order valence-corrected chi connectivity index (χ3v) is 9.18. The van der Waals surface area contributed by atoms with E-state index in [9.17, 15) is 31.2 Å². The average Bonchev–Trinajstić information content (AvgIpc) is 3.46. The van der Waals surface area contributed by atoms with E-state index in [0.29, 0.717) is 44.1 Å². The van der Waals surface area contributed by atoms with E-state index >= 15 is 0 Å². The van der Waals surface area contributed by atoms with Crippen molar-refractivity contribution in [3.8, 4) is 0 Å². The van der Waals surface area contributed by atoms with Crippen LogP contribution in [-0.4, -0.2) is 74.3 Å². The molecule has 2 heterocycles. The van der Waals surface area contributed by atoms with Gasteiger partial charge < -0.3 is 20.9 Å². The summed E-state index contributed by atoms with van der Waals surface area (Å²) in [6, 6.07) is 9.82. The van der Waals surface area contributed by atoms with Gasteiger partial charge in [-0.15, -0.1) is 0 Å². The second-order valence-corrected chi connectivity index (χ2v) is 12.4. The Balaban J connectivity index is 1.49. The maximum absolute atomic E-state index is 13.8. The summed E-state index contributed by atoms with van der Waals surface area (Å²) < 4.78 is 68.6. The number of halogens is 3. The molecule has 2 aliphatic rings. The topological polar surface area (TPSA) is 149 Å². The van der Waals surface area contributed by atoms with Gasteiger partial charge in [0.1, 0.15) is 12.1 Å². The van der Waals surface area contributed by atoms with Crippen molar-refractivity contribution in [1.29, 1.82) is 5.41 Å². The number of benzene rings is 2. The molecule has 4 rings (SSSR count). The highest BCUT2D eigenvalue weighted by Crippen LogP contribution is 2.30. The zero-order valence-electron chi connectivity index (χ0n) is 22.9. The van der Waals surface area contributed by atoms with Gasteiger partial charge in [0.05, 0.1) is 10.5 Å². The second kappa shape index (κ2) is 13.1. The molecule has 10 nitrogen and oxygen atoms in total. The van der Waals surface area contributed by atoms with Gasteiger partial charge in [-0.2, -0.15) is 17.9 Å². The van der Waals surface area contributed by atoms with Gasteiger partial charge in [0.2, 0.25) is 21.8 Å². The minimum Gasteiger partial charge on any atom is -0.370 e. The number of amides is 2. The predicted molar refractivity (Wildman–Crippen MR) is 150 cm³/mol. The van der Waals surface area contributed by atoms with Crippen molar-refractivity contribution >= 4 is 27.8 Å². The first-order chi connectivity index (χ1) is 19.8. The predicted octanol–water partition coefficient (Wildman–Crippen LogP) is 2.31. The van der Waals surface area contributed by atoms with E-state index in [1.54, 1.807) is 35.2 Å². The van der Waals surface area contributed by atoms with Gasteiger partial charge in [0, 0.05) is 26.2 Å². The van der Waals surface area contributed by atoms with E-state index in [1.165, 1.54) is 4.90 Å². The Labute approximate surface area is 243 Å². The first kappa shape index (κ1) is 31.3. The number of likely N-dealkylation sites (tertiary alicyclic amines) is 2. The molecule has 2 aliphatic heterocycles. The minimum atomic E-state index is -4.74. The smallest absolute Gasteiger partial charge is 0.370 e. The van der Waals surface area contributed by atoms with Gasteiger partial charge in [-0.1, -0.05) is 36.4 Å². The van der Waals surface area contributed by atoms with Gasteiger partial charge in [0.15, 0.2) is 5.96 Å². The molecule has 228 valence electrons. The lowest BCUT2D eigenvalue weighted by Crippen LogP contribution is -2.54. The van der Waals surface area contributed by atoms with Crippen LogP contribution in [0.25, 0.3) is 0 Å². The van der Waals surface area contributed by atoms with E-state index in [-0.39, 0.29) is 30.8 Å². The van der Waals surface area contributed by atoms with Crippen molar-refractivity contribution in [1.82, 2.24) is 19.8 Å². The maximum Gasteiger partial charge on any atom is 0.416 e. The van der Waals surface area contributed by atoms with E-state index < -0.39 is 44.6 Å². The van der Waals surface area contributed by atoms with Crippen LogP contribution in [0.4, 0.5) is 13.2 Å². The molecule has 2 atom stereocenters. The molecule has 0 saturated carbocycles. The van der Waals surface area contributed by atoms with Crippen molar-refractivity contribution in [3.05, 3.63) is 65.7 Å². The second-order valence-electron chi connectivity index (χ2n) is 10.6. The largest absolute Gasteiger partial charge is 0.416 e. The van der Waals surface area contributed by atoms with Gasteiger partial charge in [-0.25, -0.2) is 8.42 Å². The van der Waals surface area contributed by atoms with Crippen LogP contribution in [0.3, 0.4) is 0 Å². The molecule has 0 aliphatic carbocycles. The van der Waals surface area contributed by atoms with Crippen LogP contribution in [-0.2, 0) is 32.2 Å². The van der Waals surface area contributed by atoms with E-state index in [2.05, 4.69) is 10.0 Å². The first-order valence-electron chi connectivity index (χ1n) is 13.8. The van der Waals surface area contributed by atoms with Crippen molar-refractivity contribution in [3.63, 3.8) is 0 Å². The van der Waals surface area contributed by atoms with Crippen molar-refractivity contribution < 1.29 is 31.2 Å². The highest BCUT2D eigenvalue weighted by molar-refractivity contribution is 7.89. The number of alkyl halides is 3. The fraction of sp³-hybridized carbons (Fsp3) is 0.464. The van der Waals surface area contributed by atoms with Crippen LogP contribution in [0.15, 0.2) is 59.5 Å². The summed E-state index contributed by atoms with van der Waals surface area (Å²) in [6.07, 6.45) is -2.35. The fourth-order valence-electron chi connectivity index (χ4n) is 5.37. The molecular weight excluding hydrogens is 573 g/mol. The number of carbonyl (C=O) groups excluding carboxylic acids is 2. The number of sulfonamides is 1. The minimum absolute atomic E-state index is 0.0198. The quantitative estimate of drug-likeness (QED) is 0.254. The number of guanidine groups is 1. The Morgan fingerprint density at radius 2 is 1.71 bits per heavy atom. The molecule has 0 radical (unpaired) electrons. The molecule has 14 heteroatoms. The van der Waals surface area contributed by atoms with Crippen molar-refractivity contribution in [2.24, 2.45) is 11.7 Å². The Morgan fingerprint density at radius 3 is 2.36 bits per heavy atom. The van der Waals surface area contributed by atoms with Gasteiger partial charge in [0.25, 0.3) is 0 Å². The van der Waals surface area contributed by atoms with E-state index in [0.717, 1.165) is 31.0 Å². The number of nitrogens with two attached hydrogens (primary N) is 1. The Bertz CT molecular complexity index is 1380. The summed E-state index contributed by atoms with van der Waals surface area (Å²) in [7, 11) is -4.54. The normalized spacial score (nSPS) is 19.0. The van der Waals surface area contributed by atoms with E-state index in [4.69, 9.17) is 11.1 Å². The molecule has 0 aromatic heterocycles. The number of piperidine rings is 1. The number of nitrogens with zero attached hydrogens (tertiary/aromatic N) is 2. The SMILES string of the molecule is N=C(N)N1CCC(CNC(=O)[C@@H]2CCCN2C(=O)[C@@H](Cc2ccccc2)NS(=O)(=O)c2cccc(C(F)(F)F)c2)CC1. The standard InChI is InChI=1S/C28H35F3N6O4S/c29-28(30,31)21-8-4-9-22(17-21)42(40,41)35-23(16-19-6-2-1-3-7-19)26(39)37-13-5-10-24(37)25(38)34-18-20-11-14-36(15-12-20)27(32)33/h1-4,6-9,17,20,23-24,35H,5,10-16,18H2,(H3,32,33)(H,34,38)/t23-,24+/m1/s1. The van der Waals surface area contributed by atoms with Crippen LogP contribution in [0.1, 0.15) is 36.8 Å². The van der Waals surface area contributed by atoms with Crippen LogP contribution in [0, 0.1) is 11.3 Å². The molecule has 5 N–H and O–H groups in total. The molecule has 2 amide bonds. The summed E-state index contributed by atoms with van der Waals surface area (Å²) >= 11 is 0. The molecule has 42 heavy (non-hydrogen) atoms. The van der Waals surface area contributed by atoms with Gasteiger partial charge >= 0.3 is 6.18 Å². The molecule has 0 unspecified atom stereocenters. The average molecular weight is 609 g/mol. The number of rotatable bonds is 9. The molecule has 2 fully saturated rings. The van der Waals surface area contributed by atoms with Crippen molar-refractivity contribution in [2.75, 3.05) is 26.2 Å². The number of carbonyl (C=O) groups is 2. The molecule has 2 aromatic carbocycles. The van der Waals surface area contributed by atoms with Crippen LogP contribution in [0.2, 0.25) is 0 Å². The summed E-state index contributed by atoms with van der Waals surface area (Å²) in [6.45, 7) is 1.89. The number of nitrogens with one attached hydrogen (secondary N) is 3. The molecule has 2 aromatic rings. The third-order valence-electron chi connectivity index (χ3n) is 7.71. The van der Waals surface area contributed by atoms with Crippen LogP contribution < -0.4 is 15.8 Å². The Hall–Kier alpha value is -3.65. The zero-order valence-corrected chi connectivity index (χ0v) is 23.8. The van der Waals surface area contributed by atoms with Gasteiger partial charge in [-0.3, -0.25) is 15.0 Å². The molecule has 2 saturated heterocycles. The lowest BCUT2D eigenvalue weighted by Gasteiger charge is -2.33. The highest BCUT2D eigenvalue weighted by atomic mass is 32.2. The summed E-state index contributed by atoms with van der Waals surface area (Å²) in [5.41, 5.74) is 5.06. The maximum atomic E-state index is 13.8. The van der Waals surface area contributed by atoms with Crippen molar-refractivity contribution in [2.45, 2.75) is 55.3 Å². The molecular formula is C28H35F3N6O4S. The summed E-state index contributed by atoms with van der Waals surface area (Å²) in [4.78, 5) is 29.5. The number of hydrogen-bond donors (Lipinski definition) is 4. The Kier molecular flexibility index (Phi) is 9.77. The number of hydrogen-bond acceptors (Lipinski definition) is 5. The summed E-state index contributed by atoms with van der Waals surface area (Å²) in [5.74, 6) is -0.748.